The van der Waals surface area contributed by atoms with Gasteiger partial charge in [0.25, 0.3) is 5.56 Å². The van der Waals surface area contributed by atoms with Gasteiger partial charge in [0.15, 0.2) is 29.2 Å². The maximum atomic E-state index is 15.9. The molecule has 2 aliphatic rings. The third-order valence-corrected chi connectivity index (χ3v) is 10.0. The number of nitrogens with one attached hydrogen (secondary N) is 1. The molecule has 1 saturated heterocycles. The summed E-state index contributed by atoms with van der Waals surface area (Å²) in [5, 5.41) is 0. The van der Waals surface area contributed by atoms with Crippen molar-refractivity contribution in [1.29, 1.82) is 0 Å². The first-order valence-electron chi connectivity index (χ1n) is 11.7. The third kappa shape index (κ3) is 5.53. The van der Waals surface area contributed by atoms with Crippen LogP contribution in [0.2, 0.25) is 0 Å². The van der Waals surface area contributed by atoms with E-state index in [0.29, 0.717) is 22.8 Å². The van der Waals surface area contributed by atoms with Crippen LogP contribution in [0.3, 0.4) is 0 Å². The van der Waals surface area contributed by atoms with Crippen molar-refractivity contribution in [3.05, 3.63) is 40.9 Å². The van der Waals surface area contributed by atoms with Crippen LogP contribution in [-0.2, 0) is 59.6 Å². The number of hydrogen-bond donors (Lipinski definition) is 3. The number of alkyl halides is 1. The molecule has 2 aliphatic heterocycles. The largest absolute Gasteiger partial charge is 0.346 e. The second-order valence-electron chi connectivity index (χ2n) is 8.81. The summed E-state index contributed by atoms with van der Waals surface area (Å²) in [5.74, 6) is 0.639. The van der Waals surface area contributed by atoms with Crippen molar-refractivity contribution in [1.82, 2.24) is 39.0 Å². The van der Waals surface area contributed by atoms with E-state index in [-0.39, 0.29) is 37.5 Å². The van der Waals surface area contributed by atoms with Gasteiger partial charge in [-0.2, -0.15) is 0 Å². The van der Waals surface area contributed by atoms with Crippen LogP contribution in [0, 0.1) is 6.92 Å². The minimum Gasteiger partial charge on any atom is -0.346 e. The maximum absolute atomic E-state index is 15.9. The molecule has 2 unspecified atom stereocenters. The second-order valence-corrected chi connectivity index (χ2v) is 16.9. The molecule has 4 aromatic heterocycles. The molecule has 6 atom stereocenters. The lowest BCUT2D eigenvalue weighted by Crippen LogP contribution is -2.32. The molecule has 0 spiro atoms. The summed E-state index contributed by atoms with van der Waals surface area (Å²) < 4.78 is 47.6. The number of halogens is 1. The highest BCUT2D eigenvalue weighted by Gasteiger charge is 2.50. The van der Waals surface area contributed by atoms with Gasteiger partial charge >= 0.3 is 6.72 Å². The summed E-state index contributed by atoms with van der Waals surface area (Å²) >= 11 is 15.0. The van der Waals surface area contributed by atoms with Crippen LogP contribution in [0.15, 0.2) is 23.6 Å². The first kappa shape index (κ1) is 28.4. The van der Waals surface area contributed by atoms with Gasteiger partial charge in [-0.05, 0) is 30.5 Å². The first-order valence-corrected chi connectivity index (χ1v) is 18.1. The molecule has 0 radical (unpaired) electrons. The zero-order valence-corrected chi connectivity index (χ0v) is 24.7. The number of imidazole rings is 2. The van der Waals surface area contributed by atoms with Crippen molar-refractivity contribution in [2.75, 3.05) is 13.2 Å². The predicted octanol–water partition coefficient (Wildman–Crippen LogP) is 1.82. The van der Waals surface area contributed by atoms with Gasteiger partial charge in [0.05, 0.1) is 25.7 Å². The normalized spacial score (nSPS) is 32.1. The van der Waals surface area contributed by atoms with Gasteiger partial charge in [0.2, 0.25) is 5.69 Å². The monoisotopic (exact) mass is 650 g/mol. The Morgan fingerprint density at radius 1 is 1.23 bits per heavy atom. The van der Waals surface area contributed by atoms with Crippen LogP contribution in [0.25, 0.3) is 22.3 Å². The van der Waals surface area contributed by atoms with Crippen LogP contribution < -0.4 is 5.56 Å². The van der Waals surface area contributed by atoms with E-state index in [1.807, 2.05) is 0 Å². The highest BCUT2D eigenvalue weighted by molar-refractivity contribution is 8.60. The van der Waals surface area contributed by atoms with Crippen molar-refractivity contribution < 1.29 is 32.1 Å². The zero-order chi connectivity index (χ0) is 28.2. The van der Waals surface area contributed by atoms with Gasteiger partial charge < -0.3 is 32.8 Å². The van der Waals surface area contributed by atoms with Crippen LogP contribution in [0.5, 0.6) is 0 Å². The molecule has 0 aromatic carbocycles. The quantitative estimate of drug-likeness (QED) is 0.201. The van der Waals surface area contributed by atoms with Crippen LogP contribution in [-0.4, -0.2) is 75.5 Å². The Kier molecular flexibility index (Phi) is 7.67. The van der Waals surface area contributed by atoms with Crippen LogP contribution in [0.1, 0.15) is 17.9 Å². The van der Waals surface area contributed by atoms with E-state index < -0.39 is 42.6 Å². The maximum Gasteiger partial charge on any atom is 0.325 e. The molecule has 0 amide bonds. The average Bonchev–Trinajstić information content (AvgIpc) is 3.55. The second kappa shape index (κ2) is 10.8. The summed E-state index contributed by atoms with van der Waals surface area (Å²) in [4.78, 5) is 47.0. The molecule has 214 valence electrons. The minimum absolute atomic E-state index is 0.00569. The summed E-state index contributed by atoms with van der Waals surface area (Å²) in [6.07, 6.45) is -1.73. The van der Waals surface area contributed by atoms with Crippen molar-refractivity contribution in [2.24, 2.45) is 0 Å². The molecular formula is C19H21FN8O7P2S3. The number of aromatic nitrogens is 8. The van der Waals surface area contributed by atoms with Gasteiger partial charge in [-0.25, -0.2) is 29.3 Å². The van der Waals surface area contributed by atoms with E-state index >= 15 is 4.39 Å². The number of aromatic amines is 1. The molecule has 2 bridgehead atoms. The standard InChI is InChI=1S/C19H21FN8O7P2S3/c1-9-24-17-14(18(29)25-9)23-8-28(17)19-15-13(20)11(34-19)5-33-37(39,40)31-3-2-27-12(6-32-36(30,38)35-15)26-10-4-21-7-22-16(10)27/h4,7-8,11,13,15,19H,2-3,5-6H2,1H3,(H,30,38)(H,39,40)(H,24,25,29)/t11-,13-,15-,19-,36?/m1/s1. The van der Waals surface area contributed by atoms with Gasteiger partial charge in [0.1, 0.15) is 42.3 Å². The SMILES string of the molecule is Cc1nc2c(ncn2[C@@H]2O[C@@H]3COP(=S)(S)OCCn4c(nc5cncnc54)COP(O)(=S)O[C@@H]2[C@@H]3F)c(=O)[nH]1. The molecule has 15 nitrogen and oxygen atoms in total. The fourth-order valence-corrected chi connectivity index (χ4v) is 7.33. The van der Waals surface area contributed by atoms with E-state index in [1.54, 1.807) is 11.5 Å². The molecule has 4 aromatic rings. The van der Waals surface area contributed by atoms with Crippen molar-refractivity contribution in [3.63, 3.8) is 0 Å². The lowest BCUT2D eigenvalue weighted by atomic mass is 10.1. The van der Waals surface area contributed by atoms with E-state index in [1.165, 1.54) is 23.4 Å². The topological polar surface area (TPSA) is 174 Å². The smallest absolute Gasteiger partial charge is 0.325 e. The van der Waals surface area contributed by atoms with Gasteiger partial charge in [-0.3, -0.25) is 13.9 Å². The summed E-state index contributed by atoms with van der Waals surface area (Å²) in [5.41, 5.74) is -2.55. The molecule has 21 heteroatoms. The number of fused-ring (bicyclic) bond motifs is 6. The number of thiol groups is 1. The average molecular weight is 651 g/mol. The predicted molar refractivity (Wildman–Crippen MR) is 148 cm³/mol. The lowest BCUT2D eigenvalue weighted by Gasteiger charge is -2.25. The molecule has 0 aliphatic carbocycles. The molecule has 0 saturated carbocycles. The number of nitrogens with zero attached hydrogens (tertiary/aromatic N) is 7. The Bertz CT molecular complexity index is 1750. The van der Waals surface area contributed by atoms with Gasteiger partial charge in [0, 0.05) is 6.54 Å². The number of aryl methyl sites for hydroxylation is 1. The fourth-order valence-electron chi connectivity index (χ4n) is 4.43. The van der Waals surface area contributed by atoms with Crippen LogP contribution >= 0.6 is 24.7 Å². The highest BCUT2D eigenvalue weighted by atomic mass is 32.9. The zero-order valence-electron chi connectivity index (χ0n) is 20.4. The van der Waals surface area contributed by atoms with Crippen LogP contribution in [0.4, 0.5) is 4.39 Å². The number of hydrogen-bond acceptors (Lipinski definition) is 13. The van der Waals surface area contributed by atoms with E-state index in [4.69, 9.17) is 46.4 Å². The van der Waals surface area contributed by atoms with Crippen molar-refractivity contribution in [2.45, 2.75) is 44.7 Å². The number of ether oxygens (including phenoxy) is 1. The minimum atomic E-state index is -4.10. The van der Waals surface area contributed by atoms with Crippen molar-refractivity contribution >= 4 is 70.6 Å². The highest BCUT2D eigenvalue weighted by Crippen LogP contribution is 2.55. The first-order chi connectivity index (χ1) is 19.0. The van der Waals surface area contributed by atoms with E-state index in [0.717, 1.165) is 0 Å². The number of rotatable bonds is 1. The Morgan fingerprint density at radius 3 is 2.88 bits per heavy atom. The van der Waals surface area contributed by atoms with Gasteiger partial charge in [-0.1, -0.05) is 12.2 Å². The molecule has 40 heavy (non-hydrogen) atoms. The van der Waals surface area contributed by atoms with E-state index in [9.17, 15) is 9.69 Å². The van der Waals surface area contributed by atoms with Crippen molar-refractivity contribution in [3.8, 4) is 0 Å². The molecule has 1 fully saturated rings. The third-order valence-electron chi connectivity index (χ3n) is 6.16. The fraction of sp³-hybridized carbons (Fsp3) is 0.474. The Morgan fingerprint density at radius 2 is 2.05 bits per heavy atom. The molecular weight excluding hydrogens is 629 g/mol. The Labute approximate surface area is 240 Å². The summed E-state index contributed by atoms with van der Waals surface area (Å²) in [6, 6.07) is 0. The Balaban J connectivity index is 1.38. The Hall–Kier alpha value is -1.76. The lowest BCUT2D eigenvalue weighted by molar-refractivity contribution is -0.0445. The molecule has 6 heterocycles. The number of H-pyrrole nitrogens is 1. The summed E-state index contributed by atoms with van der Waals surface area (Å²) in [6.45, 7) is -2.86. The molecule has 6 rings (SSSR count). The summed E-state index contributed by atoms with van der Waals surface area (Å²) in [7, 11) is 0. The van der Waals surface area contributed by atoms with E-state index in [2.05, 4.69) is 42.2 Å². The van der Waals surface area contributed by atoms with Gasteiger partial charge in [-0.15, -0.1) is 0 Å². The molecule has 2 N–H and O–H groups in total.